The molecule has 6 nitrogen and oxygen atoms in total. The van der Waals surface area contributed by atoms with Crippen molar-refractivity contribution in [1.29, 1.82) is 5.26 Å². The summed E-state index contributed by atoms with van der Waals surface area (Å²) in [5, 5.41) is 22.8. The minimum Gasteiger partial charge on any atom is -0.330 e. The van der Waals surface area contributed by atoms with E-state index in [0.717, 1.165) is 0 Å². The molecule has 2 N–H and O–H groups in total. The largest absolute Gasteiger partial charge is 0.330 e. The van der Waals surface area contributed by atoms with Gasteiger partial charge in [-0.25, -0.2) is 4.39 Å². The van der Waals surface area contributed by atoms with Crippen LogP contribution in [-0.2, 0) is 4.79 Å². The summed E-state index contributed by atoms with van der Waals surface area (Å²) in [6.45, 7) is 1.77. The van der Waals surface area contributed by atoms with E-state index in [1.165, 1.54) is 35.2 Å². The molecule has 0 radical (unpaired) electrons. The molecule has 1 amide bonds. The van der Waals surface area contributed by atoms with Crippen molar-refractivity contribution in [1.82, 2.24) is 10.2 Å². The topological polar surface area (TPSA) is 90.7 Å². The quantitative estimate of drug-likeness (QED) is 0.597. The number of hydrogen-bond acceptors (Lipinski definition) is 7. The number of amides is 1. The molecule has 27 heavy (non-hydrogen) atoms. The fourth-order valence-corrected chi connectivity index (χ4v) is 3.99. The molecule has 0 unspecified atom stereocenters. The number of rotatable bonds is 6. The van der Waals surface area contributed by atoms with Crippen LogP contribution in [0.2, 0.25) is 0 Å². The Morgan fingerprint density at radius 3 is 2.70 bits per heavy atom. The van der Waals surface area contributed by atoms with Crippen molar-refractivity contribution in [2.45, 2.75) is 16.5 Å². The number of nitrogens with zero attached hydrogens (tertiary/aromatic N) is 3. The van der Waals surface area contributed by atoms with E-state index in [1.807, 2.05) is 6.07 Å². The molecule has 1 aromatic heterocycles. The number of hydrogen-bond donors (Lipinski definition) is 2. The molecular weight excluding hydrogens is 385 g/mol. The van der Waals surface area contributed by atoms with Crippen LogP contribution < -0.4 is 10.6 Å². The van der Waals surface area contributed by atoms with E-state index in [9.17, 15) is 9.18 Å². The van der Waals surface area contributed by atoms with Crippen molar-refractivity contribution >= 4 is 45.5 Å². The number of nitrogens with one attached hydrogen (secondary N) is 2. The van der Waals surface area contributed by atoms with Gasteiger partial charge in [0.1, 0.15) is 5.82 Å². The zero-order valence-electron chi connectivity index (χ0n) is 14.1. The van der Waals surface area contributed by atoms with Gasteiger partial charge >= 0.3 is 0 Å². The summed E-state index contributed by atoms with van der Waals surface area (Å²) in [7, 11) is 0. The van der Waals surface area contributed by atoms with Crippen LogP contribution in [0.5, 0.6) is 0 Å². The molecule has 0 saturated heterocycles. The van der Waals surface area contributed by atoms with Gasteiger partial charge in [0.2, 0.25) is 11.0 Å². The van der Waals surface area contributed by atoms with Crippen molar-refractivity contribution in [2.75, 3.05) is 10.6 Å². The van der Waals surface area contributed by atoms with Gasteiger partial charge in [-0.2, -0.15) is 5.26 Å². The maximum absolute atomic E-state index is 13.2. The third-order valence-corrected chi connectivity index (χ3v) is 5.43. The molecule has 0 aliphatic rings. The Balaban J connectivity index is 1.57. The first-order valence-electron chi connectivity index (χ1n) is 7.87. The summed E-state index contributed by atoms with van der Waals surface area (Å²) in [5.74, 6) is -0.522. The summed E-state index contributed by atoms with van der Waals surface area (Å²) in [6, 6.07) is 14.7. The number of carbonyl (C=O) groups excluding carboxylic acids is 1. The Kier molecular flexibility index (Phi) is 6.01. The summed E-state index contributed by atoms with van der Waals surface area (Å²) in [6.07, 6.45) is 0. The molecule has 0 saturated carbocycles. The molecule has 0 fully saturated rings. The van der Waals surface area contributed by atoms with Gasteiger partial charge in [0.15, 0.2) is 4.34 Å². The molecule has 1 atom stereocenters. The van der Waals surface area contributed by atoms with Gasteiger partial charge in [-0.3, -0.25) is 4.79 Å². The van der Waals surface area contributed by atoms with Crippen molar-refractivity contribution in [3.63, 3.8) is 0 Å². The lowest BCUT2D eigenvalue weighted by Crippen LogP contribution is -2.22. The van der Waals surface area contributed by atoms with Crippen LogP contribution in [0.15, 0.2) is 52.9 Å². The normalized spacial score (nSPS) is 11.4. The number of anilines is 3. The van der Waals surface area contributed by atoms with E-state index in [4.69, 9.17) is 5.26 Å². The minimum atomic E-state index is -0.393. The molecular formula is C18H14FN5OS2. The summed E-state index contributed by atoms with van der Waals surface area (Å²) >= 11 is 2.56. The molecule has 0 bridgehead atoms. The Morgan fingerprint density at radius 2 is 2.00 bits per heavy atom. The molecule has 136 valence electrons. The predicted molar refractivity (Wildman–Crippen MR) is 105 cm³/mol. The molecule has 9 heteroatoms. The van der Waals surface area contributed by atoms with Gasteiger partial charge in [0.05, 0.1) is 16.9 Å². The number of carbonyl (C=O) groups is 1. The monoisotopic (exact) mass is 399 g/mol. The predicted octanol–water partition coefficient (Wildman–Crippen LogP) is 4.41. The number of nitriles is 1. The van der Waals surface area contributed by atoms with E-state index in [1.54, 1.807) is 43.3 Å². The van der Waals surface area contributed by atoms with Crippen molar-refractivity contribution in [2.24, 2.45) is 0 Å². The Hall–Kier alpha value is -2.96. The maximum Gasteiger partial charge on any atom is 0.237 e. The molecule has 2 aromatic carbocycles. The lowest BCUT2D eigenvalue weighted by molar-refractivity contribution is -0.115. The Labute approximate surface area is 163 Å². The van der Waals surface area contributed by atoms with Crippen molar-refractivity contribution < 1.29 is 9.18 Å². The average molecular weight is 399 g/mol. The maximum atomic E-state index is 13.2. The van der Waals surface area contributed by atoms with Gasteiger partial charge in [0, 0.05) is 11.4 Å². The molecule has 3 aromatic rings. The van der Waals surface area contributed by atoms with Gasteiger partial charge < -0.3 is 10.6 Å². The van der Waals surface area contributed by atoms with E-state index in [0.29, 0.717) is 26.4 Å². The third kappa shape index (κ3) is 5.26. The highest BCUT2D eigenvalue weighted by atomic mass is 32.2. The lowest BCUT2D eigenvalue weighted by Gasteiger charge is -2.10. The molecule has 1 heterocycles. The standard InChI is InChI=1S/C18H14FN5OS2/c1-11(16(25)21-14-7-5-12(10-20)6-8-14)26-18-24-23-17(27-18)22-15-4-2-3-13(19)9-15/h2-9,11H,1H3,(H,21,25)(H,22,23)/t11-/m1/s1. The highest BCUT2D eigenvalue weighted by molar-refractivity contribution is 8.02. The van der Waals surface area contributed by atoms with Gasteiger partial charge in [0.25, 0.3) is 0 Å². The highest BCUT2D eigenvalue weighted by Gasteiger charge is 2.17. The number of thioether (sulfide) groups is 1. The van der Waals surface area contributed by atoms with Gasteiger partial charge in [-0.05, 0) is 49.4 Å². The van der Waals surface area contributed by atoms with E-state index in [-0.39, 0.29) is 11.7 Å². The van der Waals surface area contributed by atoms with Crippen LogP contribution in [0.4, 0.5) is 20.9 Å². The van der Waals surface area contributed by atoms with E-state index in [2.05, 4.69) is 20.8 Å². The second-order valence-electron chi connectivity index (χ2n) is 5.45. The first-order chi connectivity index (χ1) is 13.0. The smallest absolute Gasteiger partial charge is 0.237 e. The lowest BCUT2D eigenvalue weighted by atomic mass is 10.2. The van der Waals surface area contributed by atoms with Crippen LogP contribution in [0.25, 0.3) is 0 Å². The van der Waals surface area contributed by atoms with E-state index < -0.39 is 5.25 Å². The van der Waals surface area contributed by atoms with Crippen LogP contribution in [0, 0.1) is 17.1 Å². The average Bonchev–Trinajstić information content (AvgIpc) is 3.09. The van der Waals surface area contributed by atoms with Crippen molar-refractivity contribution in [3.8, 4) is 6.07 Å². The SMILES string of the molecule is C[C@@H](Sc1nnc(Nc2cccc(F)c2)s1)C(=O)Nc1ccc(C#N)cc1. The first kappa shape index (κ1) is 18.8. The summed E-state index contributed by atoms with van der Waals surface area (Å²) in [5.41, 5.74) is 1.73. The Morgan fingerprint density at radius 1 is 1.22 bits per heavy atom. The van der Waals surface area contributed by atoms with Crippen LogP contribution in [0.3, 0.4) is 0 Å². The number of halogens is 1. The summed E-state index contributed by atoms with van der Waals surface area (Å²) in [4.78, 5) is 12.3. The van der Waals surface area contributed by atoms with Crippen molar-refractivity contribution in [3.05, 3.63) is 59.9 Å². The first-order valence-corrected chi connectivity index (χ1v) is 9.57. The zero-order valence-corrected chi connectivity index (χ0v) is 15.8. The van der Waals surface area contributed by atoms with E-state index >= 15 is 0 Å². The van der Waals surface area contributed by atoms with Gasteiger partial charge in [-0.15, -0.1) is 10.2 Å². The second kappa shape index (κ2) is 8.62. The van der Waals surface area contributed by atoms with Crippen LogP contribution in [0.1, 0.15) is 12.5 Å². The van der Waals surface area contributed by atoms with Gasteiger partial charge in [-0.1, -0.05) is 29.2 Å². The molecule has 0 spiro atoms. The molecule has 3 rings (SSSR count). The Bertz CT molecular complexity index is 984. The summed E-state index contributed by atoms with van der Waals surface area (Å²) < 4.78 is 13.8. The third-order valence-electron chi connectivity index (χ3n) is 3.41. The van der Waals surface area contributed by atoms with Crippen LogP contribution in [-0.4, -0.2) is 21.4 Å². The highest BCUT2D eigenvalue weighted by Crippen LogP contribution is 2.31. The number of aromatic nitrogens is 2. The zero-order chi connectivity index (χ0) is 19.2. The minimum absolute atomic E-state index is 0.181. The number of benzene rings is 2. The second-order valence-corrected chi connectivity index (χ2v) is 8.01. The molecule has 0 aliphatic carbocycles. The fraction of sp³-hybridized carbons (Fsp3) is 0.111. The fourth-order valence-electron chi connectivity index (χ4n) is 2.07. The van der Waals surface area contributed by atoms with Crippen LogP contribution >= 0.6 is 23.1 Å². The molecule has 0 aliphatic heterocycles.